The first-order valence-electron chi connectivity index (χ1n) is 5.25. The number of aryl methyl sites for hydroxylation is 1. The van der Waals surface area contributed by atoms with Gasteiger partial charge in [-0.2, -0.15) is 0 Å². The maximum absolute atomic E-state index is 11.4. The third-order valence-corrected chi connectivity index (χ3v) is 3.33. The van der Waals surface area contributed by atoms with Crippen LogP contribution in [0.5, 0.6) is 0 Å². The predicted octanol–water partition coefficient (Wildman–Crippen LogP) is 1.91. The minimum absolute atomic E-state index is 0.295. The maximum atomic E-state index is 11.4. The molecular weight excluding hydrogens is 254 g/mol. The molecule has 92 valence electrons. The van der Waals surface area contributed by atoms with Crippen LogP contribution in [0.2, 0.25) is 0 Å². The van der Waals surface area contributed by atoms with Crippen LogP contribution in [0.25, 0.3) is 10.8 Å². The largest absolute Gasteiger partial charge is 0.443 e. The Morgan fingerprint density at radius 2 is 2.39 bits per heavy atom. The van der Waals surface area contributed by atoms with Gasteiger partial charge in [-0.3, -0.25) is 9.09 Å². The topological polar surface area (TPSA) is 74.1 Å². The molecule has 0 aliphatic carbocycles. The van der Waals surface area contributed by atoms with Crippen LogP contribution in [-0.4, -0.2) is 14.7 Å². The number of nitrogens with zero attached hydrogens (tertiary/aromatic N) is 3. The summed E-state index contributed by atoms with van der Waals surface area (Å²) in [4.78, 5) is 16.6. The van der Waals surface area contributed by atoms with E-state index in [1.54, 1.807) is 18.3 Å². The average molecular weight is 263 g/mol. The van der Waals surface area contributed by atoms with Gasteiger partial charge in [0.2, 0.25) is 5.89 Å². The summed E-state index contributed by atoms with van der Waals surface area (Å²) in [6.45, 7) is 1.99. The van der Waals surface area contributed by atoms with Crippen LogP contribution in [0.15, 0.2) is 37.5 Å². The lowest BCUT2D eigenvalue weighted by molar-refractivity contribution is 0.375. The second-order valence-corrected chi connectivity index (χ2v) is 4.65. The molecule has 0 bridgehead atoms. The molecule has 0 atom stereocenters. The van der Waals surface area contributed by atoms with Crippen molar-refractivity contribution in [2.45, 2.75) is 13.5 Å². The molecule has 0 saturated heterocycles. The fourth-order valence-electron chi connectivity index (χ4n) is 1.57. The van der Waals surface area contributed by atoms with Crippen molar-refractivity contribution in [3.63, 3.8) is 0 Å². The third kappa shape index (κ3) is 1.88. The number of oxazole rings is 1. The van der Waals surface area contributed by atoms with E-state index < -0.39 is 5.76 Å². The van der Waals surface area contributed by atoms with Crippen molar-refractivity contribution in [3.05, 3.63) is 45.8 Å². The van der Waals surface area contributed by atoms with Crippen LogP contribution < -0.4 is 5.76 Å². The molecule has 3 aromatic heterocycles. The summed E-state index contributed by atoms with van der Waals surface area (Å²) in [5, 5.41) is 5.54. The monoisotopic (exact) mass is 263 g/mol. The summed E-state index contributed by atoms with van der Waals surface area (Å²) in [6, 6.07) is 3.86. The Balaban J connectivity index is 1.89. The first-order valence-corrected chi connectivity index (χ1v) is 6.13. The van der Waals surface area contributed by atoms with Gasteiger partial charge in [-0.15, -0.1) is 11.3 Å². The molecule has 0 aliphatic heterocycles. The van der Waals surface area contributed by atoms with Crippen LogP contribution in [0, 0.1) is 6.92 Å². The Bertz CT molecular complexity index is 708. The van der Waals surface area contributed by atoms with E-state index in [0.29, 0.717) is 24.0 Å². The SMILES string of the molecule is Cc1noc(=O)n1Cc1coc(-c2cccs2)n1. The van der Waals surface area contributed by atoms with Gasteiger partial charge < -0.3 is 4.42 Å². The van der Waals surface area contributed by atoms with Crippen molar-refractivity contribution in [1.29, 1.82) is 0 Å². The zero-order valence-corrected chi connectivity index (χ0v) is 10.3. The molecule has 0 saturated carbocycles. The minimum atomic E-state index is -0.492. The summed E-state index contributed by atoms with van der Waals surface area (Å²) in [7, 11) is 0. The van der Waals surface area contributed by atoms with Crippen molar-refractivity contribution < 1.29 is 8.94 Å². The smallest absolute Gasteiger partial charge is 0.441 e. The normalized spacial score (nSPS) is 10.9. The van der Waals surface area contributed by atoms with Gasteiger partial charge in [0.15, 0.2) is 5.82 Å². The molecule has 3 heterocycles. The van der Waals surface area contributed by atoms with E-state index in [4.69, 9.17) is 4.42 Å². The predicted molar refractivity (Wildman–Crippen MR) is 64.4 cm³/mol. The summed E-state index contributed by atoms with van der Waals surface area (Å²) in [5.41, 5.74) is 0.659. The van der Waals surface area contributed by atoms with E-state index in [1.165, 1.54) is 10.8 Å². The second kappa shape index (κ2) is 4.26. The fraction of sp³-hybridized carbons (Fsp3) is 0.182. The molecule has 0 unspecified atom stereocenters. The number of rotatable bonds is 3. The van der Waals surface area contributed by atoms with Gasteiger partial charge >= 0.3 is 5.76 Å². The van der Waals surface area contributed by atoms with Crippen LogP contribution >= 0.6 is 11.3 Å². The van der Waals surface area contributed by atoms with Crippen LogP contribution in [0.4, 0.5) is 0 Å². The van der Waals surface area contributed by atoms with Crippen LogP contribution in [0.1, 0.15) is 11.5 Å². The van der Waals surface area contributed by atoms with Gasteiger partial charge in [0.25, 0.3) is 0 Å². The molecule has 0 radical (unpaired) electrons. The molecule has 18 heavy (non-hydrogen) atoms. The molecule has 7 heteroatoms. The van der Waals surface area contributed by atoms with E-state index in [-0.39, 0.29) is 0 Å². The Hall–Kier alpha value is -2.15. The van der Waals surface area contributed by atoms with Crippen molar-refractivity contribution >= 4 is 11.3 Å². The summed E-state index contributed by atoms with van der Waals surface area (Å²) < 4.78 is 11.3. The molecule has 3 aromatic rings. The molecule has 0 aliphatic rings. The maximum Gasteiger partial charge on any atom is 0.441 e. The van der Waals surface area contributed by atoms with Crippen molar-refractivity contribution in [2.75, 3.05) is 0 Å². The van der Waals surface area contributed by atoms with Crippen LogP contribution in [0.3, 0.4) is 0 Å². The lowest BCUT2D eigenvalue weighted by Gasteiger charge is -1.95. The number of aromatic nitrogens is 3. The number of hydrogen-bond acceptors (Lipinski definition) is 6. The van der Waals surface area contributed by atoms with Crippen LogP contribution in [-0.2, 0) is 6.54 Å². The highest BCUT2D eigenvalue weighted by Crippen LogP contribution is 2.23. The Kier molecular flexibility index (Phi) is 2.60. The first kappa shape index (κ1) is 11.0. The molecular formula is C11H9N3O3S. The Labute approximate surface area is 105 Å². The molecule has 0 N–H and O–H groups in total. The third-order valence-electron chi connectivity index (χ3n) is 2.47. The lowest BCUT2D eigenvalue weighted by atomic mass is 10.4. The standard InChI is InChI=1S/C11H9N3O3S/c1-7-13-17-11(15)14(7)5-8-6-16-10(12-8)9-3-2-4-18-9/h2-4,6H,5H2,1H3. The minimum Gasteiger partial charge on any atom is -0.443 e. The van der Waals surface area contributed by atoms with Gasteiger partial charge in [-0.05, 0) is 18.4 Å². The number of thiophene rings is 1. The summed E-state index contributed by atoms with van der Waals surface area (Å²) in [5.74, 6) is 0.580. The van der Waals surface area contributed by atoms with E-state index in [9.17, 15) is 4.79 Å². The van der Waals surface area contributed by atoms with Gasteiger partial charge in [0, 0.05) is 0 Å². The van der Waals surface area contributed by atoms with E-state index >= 15 is 0 Å². The van der Waals surface area contributed by atoms with Gasteiger partial charge in [-0.1, -0.05) is 11.2 Å². The van der Waals surface area contributed by atoms with E-state index in [2.05, 4.69) is 14.7 Å². The molecule has 0 amide bonds. The van der Waals surface area contributed by atoms with Crippen molar-refractivity contribution in [3.8, 4) is 10.8 Å². The molecule has 6 nitrogen and oxygen atoms in total. The number of hydrogen-bond donors (Lipinski definition) is 0. The Morgan fingerprint density at radius 1 is 1.50 bits per heavy atom. The van der Waals surface area contributed by atoms with E-state index in [0.717, 1.165) is 4.88 Å². The first-order chi connectivity index (χ1) is 8.74. The van der Waals surface area contributed by atoms with Gasteiger partial charge in [-0.25, -0.2) is 9.78 Å². The molecule has 0 spiro atoms. The fourth-order valence-corrected chi connectivity index (χ4v) is 2.23. The second-order valence-electron chi connectivity index (χ2n) is 3.70. The van der Waals surface area contributed by atoms with E-state index in [1.807, 2.05) is 17.5 Å². The van der Waals surface area contributed by atoms with Crippen molar-refractivity contribution in [1.82, 2.24) is 14.7 Å². The highest BCUT2D eigenvalue weighted by atomic mass is 32.1. The van der Waals surface area contributed by atoms with Gasteiger partial charge in [0.1, 0.15) is 6.26 Å². The summed E-state index contributed by atoms with van der Waals surface area (Å²) in [6.07, 6.45) is 1.54. The highest BCUT2D eigenvalue weighted by molar-refractivity contribution is 7.13. The molecule has 0 aromatic carbocycles. The average Bonchev–Trinajstić information content (AvgIpc) is 3.06. The van der Waals surface area contributed by atoms with Gasteiger partial charge in [0.05, 0.1) is 17.1 Å². The lowest BCUT2D eigenvalue weighted by Crippen LogP contribution is -2.16. The van der Waals surface area contributed by atoms with Crippen molar-refractivity contribution in [2.24, 2.45) is 0 Å². The quantitative estimate of drug-likeness (QED) is 0.721. The highest BCUT2D eigenvalue weighted by Gasteiger charge is 2.11. The Morgan fingerprint density at radius 3 is 3.06 bits per heavy atom. The zero-order chi connectivity index (χ0) is 12.5. The zero-order valence-electron chi connectivity index (χ0n) is 9.49. The molecule has 3 rings (SSSR count). The summed E-state index contributed by atoms with van der Waals surface area (Å²) >= 11 is 1.55. The molecule has 0 fully saturated rings.